The molecule has 0 bridgehead atoms. The first kappa shape index (κ1) is 100. The number of nitrogens with one attached hydrogen (secondary N) is 5. The van der Waals surface area contributed by atoms with E-state index in [4.69, 9.17) is 55.7 Å². The smallest absolute Gasteiger partial charge is 0.339 e. The molecule has 0 radical (unpaired) electrons. The Labute approximate surface area is 752 Å². The molecule has 0 saturated heterocycles. The molecule has 10 aromatic heterocycles. The fourth-order valence-corrected chi connectivity index (χ4v) is 14.1. The van der Waals surface area contributed by atoms with E-state index >= 15 is 0 Å². The number of rotatable bonds is 28. The van der Waals surface area contributed by atoms with Crippen LogP contribution in [0.25, 0.3) is 55.2 Å². The summed E-state index contributed by atoms with van der Waals surface area (Å²) in [4.78, 5) is 136. The zero-order chi connectivity index (χ0) is 90.4. The zero-order valence-electron chi connectivity index (χ0n) is 69.2. The summed E-state index contributed by atoms with van der Waals surface area (Å²) in [6.45, 7) is 11.9. The number of carbonyl (C=O) groups is 7. The third-order valence-electron chi connectivity index (χ3n) is 15.4. The van der Waals surface area contributed by atoms with Gasteiger partial charge in [0.25, 0.3) is 0 Å². The van der Waals surface area contributed by atoms with Gasteiger partial charge < -0.3 is 76.5 Å². The van der Waals surface area contributed by atoms with Crippen molar-refractivity contribution in [3.8, 4) is 17.2 Å². The SMILES string of the molecule is CC(C)(C)OC(=O)CCCS.CC(C)(C)OC(=O)CCCSc1ncnc2[nH]ccc12.Cl.Clc1ncnc2[nH]ccc12.NCCSc1ncnc2[nH]ccc12.Nc1ccc(C(=O)O)c(O)c1.O=C(CCCSc1ncnc2[nH]ccc12)Cc1ccc(C(=O)O)c(O)c1.O=C(CCCSc1ncnc2[nH]ccc12)Cc1ccc(C(=O)O)c(O)c1.[2H]CF.[2H]CI. The van der Waals surface area contributed by atoms with Crippen molar-refractivity contribution < 1.29 is 80.8 Å². The number of halogens is 4. The standard InChI is InChI=1S/2C18H17N3O4S.C14H19N3O2S.C8H10N4S.C8H16O2S.C7H7NO3.C6H4ClN3.CH3F.CH3I.ClH/c2*22-12(8-11-3-4-13(18(24)25)15(23)9-11)2-1-7-26-17-14-5-6-19-16(14)20-10-21-17;1-14(2,3)19-11(18)5-4-8-20-13-10-6-7-15-12(10)16-9-17-13;9-2-4-13-8-6-1-3-10-7(6)11-5-12-8;1-8(2,3)10-7(9)5-4-6-11;8-4-1-2-5(7(10)11)6(9)3-4;7-5-4-1-2-8-6(4)10-3-9-5;2*1-2;/h2*3-6,9-10,23H,1-2,7-8H2,(H,24,25)(H,19,20,21);6-7,9H,4-5,8H2,1-3H3,(H,15,16,17);1,3,5H,2,4,9H2,(H,10,11,12);11H,4-6H2,1-3H3;1-3,9H,8H2,(H,10,11);1-3H,(H,8,9,10);2*1H3;1H/i;;;;;;;2*1D;. The Bertz CT molecular complexity index is 5360. The first-order chi connectivity index (χ1) is 58.7. The molecule has 0 amide bonds. The number of hydrogen-bond donors (Lipinski definition) is 14. The van der Waals surface area contributed by atoms with Crippen LogP contribution in [0.4, 0.5) is 10.1 Å². The Balaban J connectivity index is 0.000000309. The van der Waals surface area contributed by atoms with Crippen LogP contribution < -0.4 is 11.5 Å². The number of thiol groups is 1. The van der Waals surface area contributed by atoms with Gasteiger partial charge in [-0.2, -0.15) is 12.6 Å². The quantitative estimate of drug-likeness (QED) is 0.00316. The maximum Gasteiger partial charge on any atom is 0.339 e. The van der Waals surface area contributed by atoms with Crippen LogP contribution in [-0.4, -0.2) is 205 Å². The minimum Gasteiger partial charge on any atom is -0.507 e. The number of hydrogen-bond acceptors (Lipinski definition) is 29. The van der Waals surface area contributed by atoms with Gasteiger partial charge in [-0.05, 0) is 167 Å². The second-order valence-corrected chi connectivity index (χ2v) is 32.0. The molecule has 0 aliphatic heterocycles. The molecule has 0 aliphatic carbocycles. The summed E-state index contributed by atoms with van der Waals surface area (Å²) in [6, 6.07) is 21.9. The molecule has 0 aliphatic rings. The number of Topliss-reactive ketones (excluding diaryl/α,β-unsaturated/α-hetero) is 2. The first-order valence-corrected chi connectivity index (χ1v) is 43.2. The number of anilines is 1. The lowest BCUT2D eigenvalue weighted by atomic mass is 10.0. The summed E-state index contributed by atoms with van der Waals surface area (Å²) in [6.07, 6.45) is 21.8. The number of nitrogen functional groups attached to an aromatic ring is 1. The highest BCUT2D eigenvalue weighted by atomic mass is 127. The molecule has 122 heavy (non-hydrogen) atoms. The molecule has 13 aromatic rings. The highest BCUT2D eigenvalue weighted by Crippen LogP contribution is 2.30. The summed E-state index contributed by atoms with van der Waals surface area (Å²) in [5.41, 5.74) is 15.1. The van der Waals surface area contributed by atoms with E-state index in [0.717, 1.165) is 117 Å². The molecule has 41 heteroatoms. The van der Waals surface area contributed by atoms with Crippen LogP contribution in [0.2, 0.25) is 5.15 Å². The van der Waals surface area contributed by atoms with Crippen molar-refractivity contribution in [1.29, 1.82) is 0 Å². The minimum absolute atomic E-state index is 0. The van der Waals surface area contributed by atoms with Gasteiger partial charge in [-0.3, -0.25) is 23.6 Å². The average molecular weight is 1930 g/mol. The van der Waals surface area contributed by atoms with Crippen molar-refractivity contribution in [2.75, 3.05) is 53.1 Å². The number of alkyl halides is 2. The molecule has 0 atom stereocenters. The van der Waals surface area contributed by atoms with Gasteiger partial charge in [0.05, 0.1) is 35.5 Å². The Hall–Kier alpha value is -10.4. The average Bonchev–Trinajstić information content (AvgIpc) is 1.69. The molecule has 0 unspecified atom stereocenters. The Morgan fingerprint density at radius 2 is 0.770 bits per heavy atom. The topological polar surface area (TPSA) is 519 Å². The van der Waals surface area contributed by atoms with Crippen molar-refractivity contribution in [3.05, 3.63) is 181 Å². The molecule has 13 rings (SSSR count). The predicted molar refractivity (Wildman–Crippen MR) is 490 cm³/mol. The monoisotopic (exact) mass is 1930 g/mol. The second-order valence-electron chi connectivity index (χ2n) is 26.9. The fourth-order valence-electron chi connectivity index (χ4n) is 10.2. The van der Waals surface area contributed by atoms with Gasteiger partial charge >= 0.3 is 29.8 Å². The van der Waals surface area contributed by atoms with Crippen LogP contribution >= 0.6 is 106 Å². The predicted octanol–water partition coefficient (Wildman–Crippen LogP) is 16.7. The number of aromatic carboxylic acids is 3. The molecular weight excluding hydrogens is 1830 g/mol. The number of phenols is 3. The third-order valence-corrected chi connectivity index (χ3v) is 20.3. The number of fused-ring (bicyclic) bond motifs is 5. The van der Waals surface area contributed by atoms with Gasteiger partial charge in [-0.1, -0.05) is 46.3 Å². The maximum absolute atomic E-state index is 12.1. The number of carboxylic acid groups (broad SMARTS) is 3. The van der Waals surface area contributed by atoms with E-state index in [-0.39, 0.29) is 88.3 Å². The van der Waals surface area contributed by atoms with Crippen LogP contribution in [0.1, 0.15) is 138 Å². The van der Waals surface area contributed by atoms with E-state index < -0.39 is 30.7 Å². The lowest BCUT2D eigenvalue weighted by Gasteiger charge is -2.19. The molecule has 0 fully saturated rings. The number of H-pyrrole nitrogens is 5. The van der Waals surface area contributed by atoms with Crippen LogP contribution in [0.5, 0.6) is 17.2 Å². The molecule has 0 spiro atoms. The Kier molecular flexibility index (Phi) is 45.2. The number of esters is 2. The number of ether oxygens (including phenoxy) is 2. The number of thioether (sulfide) groups is 4. The maximum atomic E-state index is 12.1. The van der Waals surface area contributed by atoms with Gasteiger partial charge in [0.1, 0.15) is 142 Å². The summed E-state index contributed by atoms with van der Waals surface area (Å²) >= 11 is 18.1. The Morgan fingerprint density at radius 1 is 0.475 bits per heavy atom. The Morgan fingerprint density at radius 3 is 1.07 bits per heavy atom. The second kappa shape index (κ2) is 54.9. The molecular formula is C81H97Cl2FIN17O15S5. The third kappa shape index (κ3) is 36.7. The number of ketones is 2. The van der Waals surface area contributed by atoms with Crippen LogP contribution in [0.15, 0.2) is 168 Å². The van der Waals surface area contributed by atoms with Crippen molar-refractivity contribution in [2.24, 2.45) is 5.73 Å². The molecule has 32 nitrogen and oxygen atoms in total. The summed E-state index contributed by atoms with van der Waals surface area (Å²) in [5, 5.41) is 63.7. The molecule has 0 saturated carbocycles. The van der Waals surface area contributed by atoms with Crippen LogP contribution in [0, 0.1) is 0 Å². The number of aromatic hydroxyl groups is 3. The van der Waals surface area contributed by atoms with Gasteiger partial charge in [-0.15, -0.1) is 59.5 Å². The van der Waals surface area contributed by atoms with Crippen molar-refractivity contribution >= 4 is 209 Å². The summed E-state index contributed by atoms with van der Waals surface area (Å²) in [7, 11) is -1.00. The zero-order valence-corrected chi connectivity index (χ0v) is 75.1. The molecule has 15 N–H and O–H groups in total. The number of nitrogens with two attached hydrogens (primary N) is 2. The van der Waals surface area contributed by atoms with Gasteiger partial charge in [-0.25, -0.2) is 64.2 Å². The van der Waals surface area contributed by atoms with Crippen molar-refractivity contribution in [1.82, 2.24) is 74.8 Å². The van der Waals surface area contributed by atoms with Gasteiger partial charge in [0.15, 0.2) is 0 Å². The highest BCUT2D eigenvalue weighted by Gasteiger charge is 2.19. The minimum atomic E-state index is -1.20. The number of carboxylic acids is 3. The molecule has 3 aromatic carbocycles. The van der Waals surface area contributed by atoms with Crippen molar-refractivity contribution in [3.63, 3.8) is 0 Å². The molecule has 10 heterocycles. The van der Waals surface area contributed by atoms with Gasteiger partial charge in [0.2, 0.25) is 0 Å². The number of benzene rings is 3. The lowest BCUT2D eigenvalue weighted by Crippen LogP contribution is -2.23. The van der Waals surface area contributed by atoms with E-state index in [1.807, 2.05) is 119 Å². The van der Waals surface area contributed by atoms with Crippen molar-refractivity contribution in [2.45, 2.75) is 137 Å². The highest BCUT2D eigenvalue weighted by molar-refractivity contribution is 14.1. The van der Waals surface area contributed by atoms with Crippen LogP contribution in [0.3, 0.4) is 0 Å². The summed E-state index contributed by atoms with van der Waals surface area (Å²) < 4.78 is 32.0. The number of aromatic nitrogens is 15. The lowest BCUT2D eigenvalue weighted by molar-refractivity contribution is -0.155. The van der Waals surface area contributed by atoms with Gasteiger partial charge in [0, 0.05) is 101 Å². The van der Waals surface area contributed by atoms with E-state index in [2.05, 4.69) is 87.4 Å². The largest absolute Gasteiger partial charge is 0.507 e. The van der Waals surface area contributed by atoms with E-state index in [1.165, 1.54) is 61.4 Å². The molecule has 654 valence electrons. The fraction of sp³-hybridized carbons (Fsp3) is 0.321. The number of aromatic amines is 5. The number of carbonyl (C=O) groups excluding carboxylic acids is 4. The first-order valence-electron chi connectivity index (χ1n) is 38.1. The normalized spacial score (nSPS) is 10.8. The van der Waals surface area contributed by atoms with E-state index in [1.54, 1.807) is 78.0 Å². The van der Waals surface area contributed by atoms with E-state index in [0.29, 0.717) is 71.9 Å². The number of nitrogens with zero attached hydrogens (tertiary/aromatic N) is 10. The summed E-state index contributed by atoms with van der Waals surface area (Å²) in [5.74, 6) is -0.734. The van der Waals surface area contributed by atoms with Crippen LogP contribution in [-0.2, 0) is 41.5 Å². The van der Waals surface area contributed by atoms with E-state index in [9.17, 15) is 48.2 Å².